The number of unbranched alkanes of at least 4 members (excludes halogenated alkanes) is 1. The van der Waals surface area contributed by atoms with Crippen LogP contribution in [0, 0.1) is 11.8 Å². The molecule has 0 aliphatic rings. The third-order valence-electron chi connectivity index (χ3n) is 3.82. The predicted molar refractivity (Wildman–Crippen MR) is 95.1 cm³/mol. The highest BCUT2D eigenvalue weighted by Gasteiger charge is 2.27. The van der Waals surface area contributed by atoms with E-state index in [1.54, 1.807) is 0 Å². The normalized spacial score (nSPS) is 15.0. The van der Waals surface area contributed by atoms with Crippen LogP contribution in [0.1, 0.15) is 53.4 Å². The minimum atomic E-state index is -0.695. The van der Waals surface area contributed by atoms with E-state index in [4.69, 9.17) is 11.5 Å². The molecule has 0 heterocycles. The van der Waals surface area contributed by atoms with Crippen LogP contribution < -0.4 is 22.1 Å². The Morgan fingerprint density at radius 1 is 1.04 bits per heavy atom. The van der Waals surface area contributed by atoms with Crippen LogP contribution in [0.25, 0.3) is 0 Å². The minimum Gasteiger partial charge on any atom is -0.345 e. The first-order valence-electron chi connectivity index (χ1n) is 8.74. The predicted octanol–water partition coefficient (Wildman–Crippen LogP) is 0.313. The van der Waals surface area contributed by atoms with Crippen LogP contribution in [0.15, 0.2) is 0 Å². The molecule has 0 aliphatic carbocycles. The number of carbonyl (C=O) groups excluding carboxylic acids is 3. The van der Waals surface area contributed by atoms with Gasteiger partial charge in [0.15, 0.2) is 0 Å². The lowest BCUT2D eigenvalue weighted by molar-refractivity contribution is -0.131. The van der Waals surface area contributed by atoms with E-state index in [9.17, 15) is 14.4 Å². The SMILES string of the molecule is CC(C)CC(NC(=O)C(N)C(C)C)C(=O)N[C@@H](C=O)CCCCN. The maximum atomic E-state index is 12.5. The fourth-order valence-corrected chi connectivity index (χ4v) is 2.24. The summed E-state index contributed by atoms with van der Waals surface area (Å²) in [4.78, 5) is 35.8. The van der Waals surface area contributed by atoms with Crippen molar-refractivity contribution < 1.29 is 14.4 Å². The average Bonchev–Trinajstić information content (AvgIpc) is 2.51. The van der Waals surface area contributed by atoms with Crippen molar-refractivity contribution in [1.82, 2.24) is 10.6 Å². The molecule has 0 fully saturated rings. The van der Waals surface area contributed by atoms with Gasteiger partial charge in [-0.2, -0.15) is 0 Å². The number of nitrogens with one attached hydrogen (secondary N) is 2. The van der Waals surface area contributed by atoms with E-state index >= 15 is 0 Å². The van der Waals surface area contributed by atoms with Crippen molar-refractivity contribution in [1.29, 1.82) is 0 Å². The number of hydrogen-bond acceptors (Lipinski definition) is 5. The Bertz CT molecular complexity index is 399. The van der Waals surface area contributed by atoms with Gasteiger partial charge >= 0.3 is 0 Å². The molecule has 2 amide bonds. The van der Waals surface area contributed by atoms with Crippen molar-refractivity contribution in [3.63, 3.8) is 0 Å². The Hall–Kier alpha value is -1.47. The number of nitrogens with two attached hydrogens (primary N) is 2. The highest BCUT2D eigenvalue weighted by Crippen LogP contribution is 2.08. The topological polar surface area (TPSA) is 127 Å². The minimum absolute atomic E-state index is 0.0215. The molecule has 0 radical (unpaired) electrons. The number of rotatable bonds is 12. The summed E-state index contributed by atoms with van der Waals surface area (Å²) in [7, 11) is 0. The zero-order valence-corrected chi connectivity index (χ0v) is 15.4. The van der Waals surface area contributed by atoms with Gasteiger partial charge in [-0.25, -0.2) is 0 Å². The van der Waals surface area contributed by atoms with Gasteiger partial charge in [0.05, 0.1) is 12.1 Å². The molecule has 3 atom stereocenters. The third-order valence-corrected chi connectivity index (χ3v) is 3.82. The van der Waals surface area contributed by atoms with Gasteiger partial charge in [0.25, 0.3) is 0 Å². The largest absolute Gasteiger partial charge is 0.345 e. The highest BCUT2D eigenvalue weighted by atomic mass is 16.2. The monoisotopic (exact) mass is 342 g/mol. The molecule has 0 aromatic rings. The smallest absolute Gasteiger partial charge is 0.243 e. The third kappa shape index (κ3) is 8.98. The molecule has 2 unspecified atom stereocenters. The molecular formula is C17H34N4O3. The summed E-state index contributed by atoms with van der Waals surface area (Å²) in [5, 5.41) is 5.42. The fourth-order valence-electron chi connectivity index (χ4n) is 2.24. The molecule has 140 valence electrons. The van der Waals surface area contributed by atoms with Gasteiger partial charge in [0.1, 0.15) is 12.3 Å². The van der Waals surface area contributed by atoms with Crippen LogP contribution in [-0.4, -0.2) is 42.8 Å². The maximum absolute atomic E-state index is 12.5. The van der Waals surface area contributed by atoms with Gasteiger partial charge in [-0.15, -0.1) is 0 Å². The van der Waals surface area contributed by atoms with Crippen LogP contribution in [-0.2, 0) is 14.4 Å². The van der Waals surface area contributed by atoms with E-state index in [-0.39, 0.29) is 23.7 Å². The molecule has 6 N–H and O–H groups in total. The second-order valence-electron chi connectivity index (χ2n) is 7.00. The molecule has 0 saturated carbocycles. The summed E-state index contributed by atoms with van der Waals surface area (Å²) in [5.74, 6) is -0.510. The van der Waals surface area contributed by atoms with Crippen molar-refractivity contribution in [2.75, 3.05) is 6.54 Å². The van der Waals surface area contributed by atoms with Crippen molar-refractivity contribution in [2.24, 2.45) is 23.3 Å². The standard InChI is InChI=1S/C17H34N4O3/c1-11(2)9-14(21-17(24)15(19)12(3)4)16(23)20-13(10-22)7-5-6-8-18/h10-15H,5-9,18-19H2,1-4H3,(H,20,23)(H,21,24)/t13-,14?,15?/m1/s1. The van der Waals surface area contributed by atoms with E-state index < -0.39 is 18.1 Å². The van der Waals surface area contributed by atoms with Gasteiger partial charge in [0.2, 0.25) is 11.8 Å². The van der Waals surface area contributed by atoms with Gasteiger partial charge < -0.3 is 26.9 Å². The van der Waals surface area contributed by atoms with Crippen molar-refractivity contribution in [2.45, 2.75) is 71.5 Å². The van der Waals surface area contributed by atoms with E-state index in [2.05, 4.69) is 10.6 Å². The van der Waals surface area contributed by atoms with Crippen LogP contribution in [0.2, 0.25) is 0 Å². The molecular weight excluding hydrogens is 308 g/mol. The fraction of sp³-hybridized carbons (Fsp3) is 0.824. The number of aldehydes is 1. The van der Waals surface area contributed by atoms with Crippen molar-refractivity contribution in [3.8, 4) is 0 Å². The zero-order chi connectivity index (χ0) is 18.7. The average molecular weight is 342 g/mol. The first-order chi connectivity index (χ1) is 11.2. The summed E-state index contributed by atoms with van der Waals surface area (Å²) < 4.78 is 0. The lowest BCUT2D eigenvalue weighted by atomic mass is 10.00. The van der Waals surface area contributed by atoms with Crippen LogP contribution in [0.5, 0.6) is 0 Å². The molecule has 7 heteroatoms. The van der Waals surface area contributed by atoms with Gasteiger partial charge in [-0.05, 0) is 44.1 Å². The van der Waals surface area contributed by atoms with Gasteiger partial charge in [-0.1, -0.05) is 27.7 Å². The Morgan fingerprint density at radius 3 is 2.12 bits per heavy atom. The van der Waals surface area contributed by atoms with E-state index in [0.29, 0.717) is 19.4 Å². The summed E-state index contributed by atoms with van der Waals surface area (Å²) >= 11 is 0. The molecule has 0 aliphatic heterocycles. The zero-order valence-electron chi connectivity index (χ0n) is 15.4. The number of carbonyl (C=O) groups is 3. The summed E-state index contributed by atoms with van der Waals surface area (Å²) in [6.07, 6.45) is 3.31. The first kappa shape index (κ1) is 22.5. The van der Waals surface area contributed by atoms with Crippen LogP contribution >= 0.6 is 0 Å². The Morgan fingerprint density at radius 2 is 1.67 bits per heavy atom. The Balaban J connectivity index is 4.80. The van der Waals surface area contributed by atoms with Crippen LogP contribution in [0.3, 0.4) is 0 Å². The van der Waals surface area contributed by atoms with E-state index in [0.717, 1.165) is 19.1 Å². The maximum Gasteiger partial charge on any atom is 0.243 e. The first-order valence-corrected chi connectivity index (χ1v) is 8.74. The quantitative estimate of drug-likeness (QED) is 0.300. The van der Waals surface area contributed by atoms with Crippen molar-refractivity contribution >= 4 is 18.1 Å². The molecule has 0 aromatic heterocycles. The second kappa shape index (κ2) is 12.0. The molecule has 0 bridgehead atoms. The number of amides is 2. The van der Waals surface area contributed by atoms with Crippen LogP contribution in [0.4, 0.5) is 0 Å². The molecule has 7 nitrogen and oxygen atoms in total. The van der Waals surface area contributed by atoms with E-state index in [1.807, 2.05) is 27.7 Å². The van der Waals surface area contributed by atoms with Crippen molar-refractivity contribution in [3.05, 3.63) is 0 Å². The molecule has 0 spiro atoms. The molecule has 0 saturated heterocycles. The van der Waals surface area contributed by atoms with Gasteiger partial charge in [-0.3, -0.25) is 9.59 Å². The molecule has 0 aromatic carbocycles. The Labute approximate surface area is 145 Å². The number of hydrogen-bond donors (Lipinski definition) is 4. The van der Waals surface area contributed by atoms with Gasteiger partial charge in [0, 0.05) is 0 Å². The highest BCUT2D eigenvalue weighted by molar-refractivity contribution is 5.90. The Kier molecular flexibility index (Phi) is 11.2. The summed E-state index contributed by atoms with van der Waals surface area (Å²) in [6.45, 7) is 8.18. The van der Waals surface area contributed by atoms with E-state index in [1.165, 1.54) is 0 Å². The lowest BCUT2D eigenvalue weighted by Crippen LogP contribution is -2.54. The molecule has 0 rings (SSSR count). The molecule has 24 heavy (non-hydrogen) atoms. The summed E-state index contributed by atoms with van der Waals surface area (Å²) in [5.41, 5.74) is 11.3. The second-order valence-corrected chi connectivity index (χ2v) is 7.00. The lowest BCUT2D eigenvalue weighted by Gasteiger charge is -2.24. The summed E-state index contributed by atoms with van der Waals surface area (Å²) in [6, 6.07) is -1.92.